The van der Waals surface area contributed by atoms with Crippen molar-refractivity contribution in [1.29, 1.82) is 0 Å². The summed E-state index contributed by atoms with van der Waals surface area (Å²) in [6.45, 7) is 3.73. The molecule has 134 valence electrons. The van der Waals surface area contributed by atoms with Crippen LogP contribution in [0.1, 0.15) is 10.4 Å². The number of nitrogens with one attached hydrogen (secondary N) is 1. The molecule has 9 heteroatoms. The van der Waals surface area contributed by atoms with Gasteiger partial charge in [0.25, 0.3) is 5.91 Å². The van der Waals surface area contributed by atoms with Gasteiger partial charge in [-0.3, -0.25) is 14.7 Å². The molecule has 1 amide bonds. The van der Waals surface area contributed by atoms with Crippen LogP contribution in [0.5, 0.6) is 0 Å². The fourth-order valence-electron chi connectivity index (χ4n) is 2.67. The number of hydrogen-bond acceptors (Lipinski definition) is 6. The monoisotopic (exact) mass is 380 g/mol. The number of hydrogen-bond donors (Lipinski definition) is 1. The molecule has 0 spiro atoms. The number of pyridine rings is 1. The number of carbonyl (C=O) groups excluding carboxylic acids is 1. The molecule has 0 radical (unpaired) electrons. The molecule has 3 heterocycles. The van der Waals surface area contributed by atoms with E-state index in [0.29, 0.717) is 26.2 Å². The number of thiophene rings is 1. The van der Waals surface area contributed by atoms with Gasteiger partial charge in [-0.1, -0.05) is 0 Å². The number of sulfonamides is 1. The summed E-state index contributed by atoms with van der Waals surface area (Å²) < 4.78 is 26.8. The molecule has 3 rings (SSSR count). The summed E-state index contributed by atoms with van der Waals surface area (Å²) in [6.07, 6.45) is 2.87. The maximum absolute atomic E-state index is 12.3. The molecule has 0 aliphatic carbocycles. The highest BCUT2D eigenvalue weighted by molar-refractivity contribution is 7.89. The van der Waals surface area contributed by atoms with E-state index in [9.17, 15) is 13.2 Å². The molecule has 1 fully saturated rings. The Hall–Kier alpha value is -1.81. The number of aromatic nitrogens is 1. The Morgan fingerprint density at radius 1 is 1.24 bits per heavy atom. The first-order chi connectivity index (χ1) is 12.1. The van der Waals surface area contributed by atoms with E-state index in [0.717, 1.165) is 18.7 Å². The lowest BCUT2D eigenvalue weighted by Gasteiger charge is -2.34. The molecule has 1 aliphatic rings. The van der Waals surface area contributed by atoms with Gasteiger partial charge in [-0.25, -0.2) is 13.1 Å². The summed E-state index contributed by atoms with van der Waals surface area (Å²) in [5.74, 6) is 0.0678. The minimum absolute atomic E-state index is 0.0678. The molecule has 1 saturated heterocycles. The Kier molecular flexibility index (Phi) is 5.79. The van der Waals surface area contributed by atoms with Gasteiger partial charge in [0.05, 0.1) is 5.56 Å². The zero-order valence-electron chi connectivity index (χ0n) is 13.7. The van der Waals surface area contributed by atoms with Crippen LogP contribution in [-0.4, -0.2) is 68.4 Å². The molecule has 2 aromatic rings. The minimum Gasteiger partial charge on any atom is -0.336 e. The largest absolute Gasteiger partial charge is 0.336 e. The highest BCUT2D eigenvalue weighted by atomic mass is 32.2. The van der Waals surface area contributed by atoms with Crippen molar-refractivity contribution in [2.24, 2.45) is 0 Å². The molecule has 2 aromatic heterocycles. The van der Waals surface area contributed by atoms with Crippen molar-refractivity contribution >= 4 is 27.3 Å². The quantitative estimate of drug-likeness (QED) is 0.804. The van der Waals surface area contributed by atoms with Gasteiger partial charge in [0.15, 0.2) is 0 Å². The van der Waals surface area contributed by atoms with Crippen LogP contribution in [0.15, 0.2) is 46.2 Å². The average molecular weight is 380 g/mol. The molecule has 7 nitrogen and oxygen atoms in total. The number of piperazine rings is 1. The zero-order valence-corrected chi connectivity index (χ0v) is 15.3. The number of carbonyl (C=O) groups is 1. The smallest absolute Gasteiger partial charge is 0.254 e. The molecule has 0 atom stereocenters. The summed E-state index contributed by atoms with van der Waals surface area (Å²) in [5.41, 5.74) is 0.739. The van der Waals surface area contributed by atoms with Gasteiger partial charge >= 0.3 is 0 Å². The minimum atomic E-state index is -3.52. The van der Waals surface area contributed by atoms with Gasteiger partial charge in [0.2, 0.25) is 10.0 Å². The molecular weight excluding hydrogens is 360 g/mol. The topological polar surface area (TPSA) is 82.6 Å². The molecule has 0 aromatic carbocycles. The third kappa shape index (κ3) is 4.63. The first kappa shape index (κ1) is 18.0. The third-order valence-electron chi connectivity index (χ3n) is 4.09. The van der Waals surface area contributed by atoms with Crippen LogP contribution in [0.3, 0.4) is 0 Å². The Morgan fingerprint density at radius 2 is 2.04 bits per heavy atom. The highest BCUT2D eigenvalue weighted by Gasteiger charge is 2.22. The molecule has 1 aliphatic heterocycles. The number of nitrogens with zero attached hydrogens (tertiary/aromatic N) is 3. The van der Waals surface area contributed by atoms with Crippen LogP contribution in [-0.2, 0) is 10.0 Å². The van der Waals surface area contributed by atoms with Crippen LogP contribution in [0.4, 0.5) is 0 Å². The van der Waals surface area contributed by atoms with Crippen molar-refractivity contribution in [2.45, 2.75) is 4.90 Å². The predicted molar refractivity (Wildman–Crippen MR) is 96.1 cm³/mol. The molecule has 0 saturated carbocycles. The van der Waals surface area contributed by atoms with Gasteiger partial charge in [-0.05, 0) is 23.6 Å². The van der Waals surface area contributed by atoms with Crippen molar-refractivity contribution in [3.05, 3.63) is 46.9 Å². The lowest BCUT2D eigenvalue weighted by molar-refractivity contribution is 0.0640. The van der Waals surface area contributed by atoms with E-state index >= 15 is 0 Å². The fourth-order valence-corrected chi connectivity index (χ4v) is 4.28. The first-order valence-corrected chi connectivity index (χ1v) is 10.4. The van der Waals surface area contributed by atoms with E-state index in [-0.39, 0.29) is 10.8 Å². The maximum atomic E-state index is 12.3. The van der Waals surface area contributed by atoms with Crippen molar-refractivity contribution in [1.82, 2.24) is 19.5 Å². The van der Waals surface area contributed by atoms with Crippen LogP contribution < -0.4 is 4.72 Å². The maximum Gasteiger partial charge on any atom is 0.254 e. The number of rotatable bonds is 6. The summed E-state index contributed by atoms with van der Waals surface area (Å²) in [7, 11) is -3.52. The van der Waals surface area contributed by atoms with E-state index in [2.05, 4.69) is 14.6 Å². The lowest BCUT2D eigenvalue weighted by atomic mass is 10.2. The van der Waals surface area contributed by atoms with Crippen LogP contribution in [0.25, 0.3) is 0 Å². The zero-order chi connectivity index (χ0) is 17.7. The van der Waals surface area contributed by atoms with E-state index in [1.54, 1.807) is 6.07 Å². The summed E-state index contributed by atoms with van der Waals surface area (Å²) >= 11 is 1.52. The summed E-state index contributed by atoms with van der Waals surface area (Å²) in [4.78, 5) is 20.3. The highest BCUT2D eigenvalue weighted by Crippen LogP contribution is 2.12. The summed E-state index contributed by atoms with van der Waals surface area (Å²) in [5, 5.41) is 3.76. The SMILES string of the molecule is O=C(c1ccsc1)N1CCN(CCNS(=O)(=O)c2cccnc2)CC1. The normalized spacial score (nSPS) is 16.1. The van der Waals surface area contributed by atoms with E-state index < -0.39 is 10.0 Å². The fraction of sp³-hybridized carbons (Fsp3) is 0.375. The molecule has 0 unspecified atom stereocenters. The molecular formula is C16H20N4O3S2. The van der Waals surface area contributed by atoms with Crippen LogP contribution >= 0.6 is 11.3 Å². The summed E-state index contributed by atoms with van der Waals surface area (Å²) in [6, 6.07) is 4.95. The number of amides is 1. The molecule has 0 bridgehead atoms. The second-order valence-corrected chi connectivity index (χ2v) is 8.28. The molecule has 1 N–H and O–H groups in total. The van der Waals surface area contributed by atoms with Gasteiger partial charge in [-0.2, -0.15) is 11.3 Å². The third-order valence-corrected chi connectivity index (χ3v) is 6.22. The van der Waals surface area contributed by atoms with Crippen molar-refractivity contribution in [3.8, 4) is 0 Å². The van der Waals surface area contributed by atoms with E-state index in [1.165, 1.54) is 29.8 Å². The van der Waals surface area contributed by atoms with E-state index in [4.69, 9.17) is 0 Å². The lowest BCUT2D eigenvalue weighted by Crippen LogP contribution is -2.50. The standard InChI is InChI=1S/C16H20N4O3S2/c21-16(14-3-11-24-13-14)20-9-7-19(8-10-20)6-5-18-25(22,23)15-2-1-4-17-12-15/h1-4,11-13,18H,5-10H2. The van der Waals surface area contributed by atoms with Crippen molar-refractivity contribution < 1.29 is 13.2 Å². The van der Waals surface area contributed by atoms with Gasteiger partial charge in [-0.15, -0.1) is 0 Å². The second-order valence-electron chi connectivity index (χ2n) is 5.73. The Balaban J connectivity index is 1.43. The van der Waals surface area contributed by atoms with Crippen LogP contribution in [0.2, 0.25) is 0 Å². The second kappa shape index (κ2) is 8.05. The Bertz CT molecular complexity index is 786. The van der Waals surface area contributed by atoms with Gasteiger partial charge in [0, 0.05) is 57.0 Å². The van der Waals surface area contributed by atoms with Crippen LogP contribution in [0, 0.1) is 0 Å². The predicted octanol–water partition coefficient (Wildman–Crippen LogP) is 0.879. The first-order valence-electron chi connectivity index (χ1n) is 8.00. The van der Waals surface area contributed by atoms with Crippen molar-refractivity contribution in [3.63, 3.8) is 0 Å². The van der Waals surface area contributed by atoms with Gasteiger partial charge in [0.1, 0.15) is 4.90 Å². The van der Waals surface area contributed by atoms with Crippen molar-refractivity contribution in [2.75, 3.05) is 39.3 Å². The Morgan fingerprint density at radius 3 is 2.68 bits per heavy atom. The van der Waals surface area contributed by atoms with E-state index in [1.807, 2.05) is 21.7 Å². The molecule has 25 heavy (non-hydrogen) atoms. The average Bonchev–Trinajstić information content (AvgIpc) is 3.17. The Labute approximate surface area is 151 Å². The van der Waals surface area contributed by atoms with Gasteiger partial charge < -0.3 is 4.90 Å².